The van der Waals surface area contributed by atoms with Gasteiger partial charge in [0, 0.05) is 36.4 Å². The van der Waals surface area contributed by atoms with Crippen molar-refractivity contribution < 1.29 is 14.3 Å². The fraction of sp³-hybridized carbons (Fsp3) is 0.652. The van der Waals surface area contributed by atoms with E-state index in [0.717, 1.165) is 12.2 Å². The lowest BCUT2D eigenvalue weighted by molar-refractivity contribution is -0.135. The average molecular weight is 438 g/mol. The summed E-state index contributed by atoms with van der Waals surface area (Å²) in [4.78, 5) is 29.8. The zero-order valence-electron chi connectivity index (χ0n) is 19.2. The number of nitrogens with one attached hydrogen (secondary N) is 1. The van der Waals surface area contributed by atoms with Crippen LogP contribution < -0.4 is 10.2 Å². The fourth-order valence-corrected chi connectivity index (χ4v) is 3.80. The van der Waals surface area contributed by atoms with E-state index in [1.165, 1.54) is 0 Å². The molecule has 6 nitrogen and oxygen atoms in total. The van der Waals surface area contributed by atoms with Gasteiger partial charge >= 0.3 is 6.09 Å². The number of benzene rings is 1. The summed E-state index contributed by atoms with van der Waals surface area (Å²) in [6, 6.07) is 7.40. The summed E-state index contributed by atoms with van der Waals surface area (Å²) in [6.45, 7) is 15.6. The summed E-state index contributed by atoms with van der Waals surface area (Å²) < 4.78 is 5.36. The third kappa shape index (κ3) is 6.53. The number of anilines is 1. The van der Waals surface area contributed by atoms with Crippen molar-refractivity contribution in [2.24, 2.45) is 11.8 Å². The number of carbonyl (C=O) groups is 2. The first-order chi connectivity index (χ1) is 13.9. The predicted octanol–water partition coefficient (Wildman–Crippen LogP) is 4.56. The first kappa shape index (κ1) is 24.3. The molecule has 0 saturated carbocycles. The van der Waals surface area contributed by atoms with Gasteiger partial charge in [-0.1, -0.05) is 39.3 Å². The molecule has 1 heterocycles. The number of hydrogen-bond acceptors (Lipinski definition) is 4. The Labute approximate surface area is 185 Å². The normalized spacial score (nSPS) is 18.5. The highest BCUT2D eigenvalue weighted by atomic mass is 35.5. The summed E-state index contributed by atoms with van der Waals surface area (Å²) in [5, 5.41) is 3.49. The molecular weight excluding hydrogens is 402 g/mol. The van der Waals surface area contributed by atoms with Crippen molar-refractivity contribution in [3.8, 4) is 0 Å². The second-order valence-corrected chi connectivity index (χ2v) is 10.1. The van der Waals surface area contributed by atoms with E-state index in [9.17, 15) is 9.59 Å². The second-order valence-electron chi connectivity index (χ2n) is 9.63. The van der Waals surface area contributed by atoms with E-state index in [4.69, 9.17) is 16.3 Å². The first-order valence-corrected chi connectivity index (χ1v) is 11.1. The largest absolute Gasteiger partial charge is 0.444 e. The van der Waals surface area contributed by atoms with Crippen LogP contribution in [-0.2, 0) is 9.53 Å². The SMILES string of the molecule is CC(C)[C@H](NC(=O)OC(C)(C)C)C(=O)N1CCN(c2ccc(Cl)cc2)[C@H](C(C)C)C1. The lowest BCUT2D eigenvalue weighted by Crippen LogP contribution is -2.61. The number of halogens is 1. The molecule has 1 aromatic carbocycles. The van der Waals surface area contributed by atoms with Gasteiger partial charge in [0.25, 0.3) is 0 Å². The smallest absolute Gasteiger partial charge is 0.408 e. The number of amides is 2. The van der Waals surface area contributed by atoms with E-state index in [2.05, 4.69) is 24.1 Å². The molecule has 2 rings (SSSR count). The molecule has 2 amide bonds. The monoisotopic (exact) mass is 437 g/mol. The Morgan fingerprint density at radius 2 is 1.70 bits per heavy atom. The molecule has 0 spiro atoms. The Bertz CT molecular complexity index is 728. The summed E-state index contributed by atoms with van der Waals surface area (Å²) in [5.41, 5.74) is 0.499. The van der Waals surface area contributed by atoms with Crippen LogP contribution in [0.25, 0.3) is 0 Å². The van der Waals surface area contributed by atoms with Crippen LogP contribution in [0.2, 0.25) is 5.02 Å². The molecule has 1 aliphatic rings. The molecule has 1 saturated heterocycles. The standard InChI is InChI=1S/C23H36ClN3O3/c1-15(2)19-14-26(12-13-27(19)18-10-8-17(24)9-11-18)21(28)20(16(3)4)25-22(29)30-23(5,6)7/h8-11,15-16,19-20H,12-14H2,1-7H3,(H,25,29)/t19-,20-/m0/s1. The maximum absolute atomic E-state index is 13.3. The summed E-state index contributed by atoms with van der Waals surface area (Å²) in [7, 11) is 0. The predicted molar refractivity (Wildman–Crippen MR) is 122 cm³/mol. The van der Waals surface area contributed by atoms with Crippen LogP contribution in [0, 0.1) is 11.8 Å². The molecule has 1 aliphatic heterocycles. The van der Waals surface area contributed by atoms with Gasteiger partial charge in [0.2, 0.25) is 5.91 Å². The fourth-order valence-electron chi connectivity index (χ4n) is 3.68. The number of alkyl carbamates (subject to hydrolysis) is 1. The molecule has 1 aromatic rings. The van der Waals surface area contributed by atoms with Gasteiger partial charge in [0.05, 0.1) is 0 Å². The van der Waals surface area contributed by atoms with Crippen molar-refractivity contribution in [3.63, 3.8) is 0 Å². The van der Waals surface area contributed by atoms with Crippen molar-refractivity contribution in [2.45, 2.75) is 66.2 Å². The van der Waals surface area contributed by atoms with E-state index < -0.39 is 17.7 Å². The maximum atomic E-state index is 13.3. The quantitative estimate of drug-likeness (QED) is 0.733. The number of nitrogens with zero attached hydrogens (tertiary/aromatic N) is 2. The summed E-state index contributed by atoms with van der Waals surface area (Å²) in [5.74, 6) is 0.252. The van der Waals surface area contributed by atoms with Gasteiger partial charge < -0.3 is 19.9 Å². The minimum absolute atomic E-state index is 0.0446. The molecule has 0 aliphatic carbocycles. The van der Waals surface area contributed by atoms with Crippen molar-refractivity contribution in [2.75, 3.05) is 24.5 Å². The highest BCUT2D eigenvalue weighted by Gasteiger charge is 2.36. The van der Waals surface area contributed by atoms with Gasteiger partial charge in [-0.3, -0.25) is 4.79 Å². The van der Waals surface area contributed by atoms with Gasteiger partial charge in [-0.05, 0) is 56.9 Å². The van der Waals surface area contributed by atoms with Gasteiger partial charge in [0.1, 0.15) is 11.6 Å². The molecule has 0 unspecified atom stereocenters. The number of rotatable bonds is 5. The molecule has 0 aromatic heterocycles. The van der Waals surface area contributed by atoms with Crippen LogP contribution in [0.5, 0.6) is 0 Å². The molecule has 0 radical (unpaired) electrons. The van der Waals surface area contributed by atoms with Crippen LogP contribution in [0.15, 0.2) is 24.3 Å². The lowest BCUT2D eigenvalue weighted by atomic mass is 9.96. The van der Waals surface area contributed by atoms with E-state index in [1.807, 2.05) is 63.8 Å². The second kappa shape index (κ2) is 9.90. The maximum Gasteiger partial charge on any atom is 0.408 e. The lowest BCUT2D eigenvalue weighted by Gasteiger charge is -2.45. The minimum atomic E-state index is -0.616. The first-order valence-electron chi connectivity index (χ1n) is 10.7. The molecule has 30 heavy (non-hydrogen) atoms. The van der Waals surface area contributed by atoms with Crippen molar-refractivity contribution in [1.29, 1.82) is 0 Å². The van der Waals surface area contributed by atoms with E-state index in [-0.39, 0.29) is 17.9 Å². The van der Waals surface area contributed by atoms with Crippen molar-refractivity contribution >= 4 is 29.3 Å². The molecule has 7 heteroatoms. The third-order valence-electron chi connectivity index (χ3n) is 5.26. The van der Waals surface area contributed by atoms with E-state index in [1.54, 1.807) is 0 Å². The molecule has 0 bridgehead atoms. The molecule has 2 atom stereocenters. The number of hydrogen-bond donors (Lipinski definition) is 1. The Morgan fingerprint density at radius 1 is 1.10 bits per heavy atom. The van der Waals surface area contributed by atoms with Crippen LogP contribution in [-0.4, -0.2) is 54.2 Å². The zero-order valence-corrected chi connectivity index (χ0v) is 20.0. The molecule has 168 valence electrons. The summed E-state index contributed by atoms with van der Waals surface area (Å²) in [6.07, 6.45) is -0.560. The highest BCUT2D eigenvalue weighted by molar-refractivity contribution is 6.30. The topological polar surface area (TPSA) is 61.9 Å². The molecule has 1 fully saturated rings. The van der Waals surface area contributed by atoms with Crippen LogP contribution >= 0.6 is 11.6 Å². The Kier molecular flexibility index (Phi) is 8.03. The van der Waals surface area contributed by atoms with Crippen molar-refractivity contribution in [1.82, 2.24) is 10.2 Å². The molecule has 1 N–H and O–H groups in total. The van der Waals surface area contributed by atoms with Gasteiger partial charge in [0.15, 0.2) is 0 Å². The number of ether oxygens (including phenoxy) is 1. The van der Waals surface area contributed by atoms with Gasteiger partial charge in [-0.2, -0.15) is 0 Å². The van der Waals surface area contributed by atoms with E-state index in [0.29, 0.717) is 24.0 Å². The summed E-state index contributed by atoms with van der Waals surface area (Å²) >= 11 is 6.04. The number of carbonyl (C=O) groups excluding carboxylic acids is 2. The van der Waals surface area contributed by atoms with Crippen LogP contribution in [0.4, 0.5) is 10.5 Å². The Morgan fingerprint density at radius 3 is 2.20 bits per heavy atom. The molecular formula is C23H36ClN3O3. The zero-order chi connectivity index (χ0) is 22.6. The average Bonchev–Trinajstić information content (AvgIpc) is 2.64. The van der Waals surface area contributed by atoms with Crippen LogP contribution in [0.1, 0.15) is 48.5 Å². The van der Waals surface area contributed by atoms with Crippen molar-refractivity contribution in [3.05, 3.63) is 29.3 Å². The highest BCUT2D eigenvalue weighted by Crippen LogP contribution is 2.27. The minimum Gasteiger partial charge on any atom is -0.444 e. The van der Waals surface area contributed by atoms with Gasteiger partial charge in [-0.15, -0.1) is 0 Å². The van der Waals surface area contributed by atoms with Gasteiger partial charge in [-0.25, -0.2) is 4.79 Å². The third-order valence-corrected chi connectivity index (χ3v) is 5.52. The Hall–Kier alpha value is -1.95. The van der Waals surface area contributed by atoms with Crippen LogP contribution in [0.3, 0.4) is 0 Å². The Balaban J connectivity index is 2.13. The number of piperazine rings is 1. The van der Waals surface area contributed by atoms with E-state index >= 15 is 0 Å².